The van der Waals surface area contributed by atoms with Gasteiger partial charge in [-0.15, -0.1) is 11.3 Å². The molecule has 3 aromatic heterocycles. The van der Waals surface area contributed by atoms with E-state index in [9.17, 15) is 0 Å². The molecular weight excluding hydrogens is 248 g/mol. The Morgan fingerprint density at radius 2 is 1.94 bits per heavy atom. The molecule has 0 radical (unpaired) electrons. The molecule has 4 heteroatoms. The number of thiophene rings is 1. The van der Waals surface area contributed by atoms with E-state index in [1.54, 1.807) is 22.7 Å². The zero-order valence-electron chi connectivity index (χ0n) is 9.25. The first-order valence-electron chi connectivity index (χ1n) is 5.25. The Bertz CT molecular complexity index is 626. The molecule has 3 heterocycles. The van der Waals surface area contributed by atoms with Crippen LogP contribution >= 0.6 is 22.7 Å². The van der Waals surface area contributed by atoms with Crippen LogP contribution in [0.25, 0.3) is 22.0 Å². The van der Waals surface area contributed by atoms with E-state index in [4.69, 9.17) is 0 Å². The molecule has 0 saturated heterocycles. The Balaban J connectivity index is 2.01. The van der Waals surface area contributed by atoms with Crippen LogP contribution in [-0.2, 0) is 0 Å². The van der Waals surface area contributed by atoms with Gasteiger partial charge in [-0.05, 0) is 30.5 Å². The first kappa shape index (κ1) is 10.6. The molecule has 0 saturated carbocycles. The number of rotatable bonds is 2. The normalized spacial score (nSPS) is 10.6. The molecule has 0 spiro atoms. The number of aromatic nitrogens is 2. The molecule has 84 valence electrons. The predicted molar refractivity (Wildman–Crippen MR) is 73.4 cm³/mol. The summed E-state index contributed by atoms with van der Waals surface area (Å²) in [6.45, 7) is 2.00. The number of hydrogen-bond donors (Lipinski definition) is 0. The second-order valence-corrected chi connectivity index (χ2v) is 5.35. The van der Waals surface area contributed by atoms with Gasteiger partial charge in [-0.2, -0.15) is 11.3 Å². The third-order valence-corrected chi connectivity index (χ3v) is 3.98. The van der Waals surface area contributed by atoms with E-state index >= 15 is 0 Å². The summed E-state index contributed by atoms with van der Waals surface area (Å²) in [5.41, 5.74) is 4.20. The second-order valence-electron chi connectivity index (χ2n) is 3.71. The SMILES string of the molecule is Cc1cccc(-c2nc(-c3ccsc3)cs2)n1. The third-order valence-electron chi connectivity index (χ3n) is 2.43. The molecule has 0 aromatic carbocycles. The molecule has 3 rings (SSSR count). The molecule has 0 atom stereocenters. The standard InChI is InChI=1S/C13H10N2S2/c1-9-3-2-4-11(14-9)13-15-12(8-17-13)10-5-6-16-7-10/h2-8H,1H3. The van der Waals surface area contributed by atoms with Crippen LogP contribution in [-0.4, -0.2) is 9.97 Å². The van der Waals surface area contributed by atoms with Gasteiger partial charge in [-0.25, -0.2) is 4.98 Å². The molecule has 2 nitrogen and oxygen atoms in total. The van der Waals surface area contributed by atoms with Crippen molar-refractivity contribution in [2.45, 2.75) is 6.92 Å². The Kier molecular flexibility index (Phi) is 2.74. The Labute approximate surface area is 108 Å². The molecule has 0 bridgehead atoms. The average Bonchev–Trinajstić information content (AvgIpc) is 3.00. The van der Waals surface area contributed by atoms with Crippen molar-refractivity contribution in [3.63, 3.8) is 0 Å². The van der Waals surface area contributed by atoms with Crippen LogP contribution in [0, 0.1) is 6.92 Å². The number of hydrogen-bond acceptors (Lipinski definition) is 4. The zero-order valence-corrected chi connectivity index (χ0v) is 10.9. The van der Waals surface area contributed by atoms with E-state index in [2.05, 4.69) is 32.2 Å². The highest BCUT2D eigenvalue weighted by Gasteiger charge is 2.07. The summed E-state index contributed by atoms with van der Waals surface area (Å²) >= 11 is 3.33. The Morgan fingerprint density at radius 3 is 2.71 bits per heavy atom. The molecule has 0 aliphatic carbocycles. The number of pyridine rings is 1. The molecule has 0 amide bonds. The fourth-order valence-corrected chi connectivity index (χ4v) is 3.04. The molecule has 0 fully saturated rings. The summed E-state index contributed by atoms with van der Waals surface area (Å²) in [4.78, 5) is 9.12. The van der Waals surface area contributed by atoms with Gasteiger partial charge < -0.3 is 0 Å². The first-order chi connectivity index (χ1) is 8.33. The monoisotopic (exact) mass is 258 g/mol. The Hall–Kier alpha value is -1.52. The molecule has 17 heavy (non-hydrogen) atoms. The van der Waals surface area contributed by atoms with E-state index in [0.717, 1.165) is 22.1 Å². The molecule has 0 aliphatic heterocycles. The van der Waals surface area contributed by atoms with Crippen LogP contribution in [0.5, 0.6) is 0 Å². The van der Waals surface area contributed by atoms with E-state index < -0.39 is 0 Å². The van der Waals surface area contributed by atoms with Crippen molar-refractivity contribution < 1.29 is 0 Å². The number of aryl methyl sites for hydroxylation is 1. The highest BCUT2D eigenvalue weighted by molar-refractivity contribution is 7.13. The van der Waals surface area contributed by atoms with Crippen LogP contribution in [0.3, 0.4) is 0 Å². The van der Waals surface area contributed by atoms with Crippen molar-refractivity contribution in [2.24, 2.45) is 0 Å². The number of nitrogens with zero attached hydrogens (tertiary/aromatic N) is 2. The minimum Gasteiger partial charge on any atom is -0.251 e. The largest absolute Gasteiger partial charge is 0.251 e. The van der Waals surface area contributed by atoms with Crippen molar-refractivity contribution in [2.75, 3.05) is 0 Å². The van der Waals surface area contributed by atoms with Crippen LogP contribution < -0.4 is 0 Å². The van der Waals surface area contributed by atoms with E-state index in [-0.39, 0.29) is 0 Å². The van der Waals surface area contributed by atoms with Crippen molar-refractivity contribution >= 4 is 22.7 Å². The van der Waals surface area contributed by atoms with Crippen LogP contribution in [0.1, 0.15) is 5.69 Å². The van der Waals surface area contributed by atoms with Gasteiger partial charge in [0.2, 0.25) is 0 Å². The third kappa shape index (κ3) is 2.14. The van der Waals surface area contributed by atoms with Gasteiger partial charge >= 0.3 is 0 Å². The van der Waals surface area contributed by atoms with Gasteiger partial charge in [0.1, 0.15) is 5.01 Å². The second kappa shape index (κ2) is 4.39. The quantitative estimate of drug-likeness (QED) is 0.687. The summed E-state index contributed by atoms with van der Waals surface area (Å²) in [7, 11) is 0. The molecule has 0 N–H and O–H groups in total. The van der Waals surface area contributed by atoms with Crippen molar-refractivity contribution in [1.29, 1.82) is 0 Å². The highest BCUT2D eigenvalue weighted by Crippen LogP contribution is 2.28. The van der Waals surface area contributed by atoms with E-state index in [0.29, 0.717) is 0 Å². The first-order valence-corrected chi connectivity index (χ1v) is 7.07. The van der Waals surface area contributed by atoms with Crippen molar-refractivity contribution in [3.05, 3.63) is 46.1 Å². The Morgan fingerprint density at radius 1 is 1.00 bits per heavy atom. The van der Waals surface area contributed by atoms with Gasteiger partial charge in [-0.1, -0.05) is 6.07 Å². The summed E-state index contributed by atoms with van der Waals surface area (Å²) in [6.07, 6.45) is 0. The maximum absolute atomic E-state index is 4.63. The van der Waals surface area contributed by atoms with E-state index in [1.807, 2.05) is 25.1 Å². The van der Waals surface area contributed by atoms with Gasteiger partial charge in [0, 0.05) is 22.0 Å². The lowest BCUT2D eigenvalue weighted by molar-refractivity contribution is 1.20. The topological polar surface area (TPSA) is 25.8 Å². The average molecular weight is 258 g/mol. The fourth-order valence-electron chi connectivity index (χ4n) is 1.60. The summed E-state index contributed by atoms with van der Waals surface area (Å²) in [6, 6.07) is 8.11. The minimum absolute atomic E-state index is 0.955. The lowest BCUT2D eigenvalue weighted by atomic mass is 10.3. The smallest absolute Gasteiger partial charge is 0.142 e. The van der Waals surface area contributed by atoms with Crippen molar-refractivity contribution in [1.82, 2.24) is 9.97 Å². The number of thiazole rings is 1. The van der Waals surface area contributed by atoms with E-state index in [1.165, 1.54) is 5.56 Å². The maximum atomic E-state index is 4.63. The van der Waals surface area contributed by atoms with Gasteiger partial charge in [0.25, 0.3) is 0 Å². The van der Waals surface area contributed by atoms with Gasteiger partial charge in [0.05, 0.1) is 11.4 Å². The highest BCUT2D eigenvalue weighted by atomic mass is 32.1. The fraction of sp³-hybridized carbons (Fsp3) is 0.0769. The molecule has 0 unspecified atom stereocenters. The minimum atomic E-state index is 0.955. The van der Waals surface area contributed by atoms with Crippen LogP contribution in [0.15, 0.2) is 40.4 Å². The van der Waals surface area contributed by atoms with Crippen LogP contribution in [0.4, 0.5) is 0 Å². The van der Waals surface area contributed by atoms with Crippen LogP contribution in [0.2, 0.25) is 0 Å². The lowest BCUT2D eigenvalue weighted by Gasteiger charge is -1.96. The summed E-state index contributed by atoms with van der Waals surface area (Å²) in [5, 5.41) is 7.25. The summed E-state index contributed by atoms with van der Waals surface area (Å²) < 4.78 is 0. The lowest BCUT2D eigenvalue weighted by Crippen LogP contribution is -1.85. The molecular formula is C13H10N2S2. The zero-order chi connectivity index (χ0) is 11.7. The van der Waals surface area contributed by atoms with Gasteiger partial charge in [-0.3, -0.25) is 4.98 Å². The van der Waals surface area contributed by atoms with Gasteiger partial charge in [0.15, 0.2) is 0 Å². The molecule has 3 aromatic rings. The maximum Gasteiger partial charge on any atom is 0.142 e. The van der Waals surface area contributed by atoms with Crippen molar-refractivity contribution in [3.8, 4) is 22.0 Å². The summed E-state index contributed by atoms with van der Waals surface area (Å²) in [5.74, 6) is 0. The molecule has 0 aliphatic rings. The predicted octanol–water partition coefficient (Wildman–Crippen LogP) is 4.24.